The maximum atomic E-state index is 11.7. The highest BCUT2D eigenvalue weighted by Gasteiger charge is 2.29. The lowest BCUT2D eigenvalue weighted by atomic mass is 10.2. The highest BCUT2D eigenvalue weighted by atomic mass is 16.7. The molecule has 0 saturated heterocycles. The molecule has 0 aromatic heterocycles. The number of ether oxygens (including phenoxy) is 2. The third-order valence-corrected chi connectivity index (χ3v) is 3.35. The van der Waals surface area contributed by atoms with Crippen molar-refractivity contribution >= 4 is 17.3 Å². The fraction of sp³-hybridized carbons (Fsp3) is 0.533. The molecule has 0 heterocycles. The van der Waals surface area contributed by atoms with Crippen LogP contribution in [0, 0.1) is 5.92 Å². The second-order valence-electron chi connectivity index (χ2n) is 5.12. The van der Waals surface area contributed by atoms with Gasteiger partial charge in [0.15, 0.2) is 6.29 Å². The zero-order valence-corrected chi connectivity index (χ0v) is 12.2. The second kappa shape index (κ2) is 6.72. The lowest BCUT2D eigenvalue weighted by molar-refractivity contribution is -0.117. The van der Waals surface area contributed by atoms with Gasteiger partial charge in [0, 0.05) is 31.5 Å². The number of methoxy groups -OCH3 is 2. The van der Waals surface area contributed by atoms with E-state index in [1.54, 1.807) is 14.2 Å². The summed E-state index contributed by atoms with van der Waals surface area (Å²) >= 11 is 0. The van der Waals surface area contributed by atoms with Crippen LogP contribution in [-0.2, 0) is 14.3 Å². The van der Waals surface area contributed by atoms with E-state index in [-0.39, 0.29) is 24.2 Å². The lowest BCUT2D eigenvalue weighted by Gasteiger charge is -2.23. The largest absolute Gasteiger partial charge is 0.377 e. The molecule has 110 valence electrons. The molecule has 1 amide bonds. The van der Waals surface area contributed by atoms with E-state index in [2.05, 4.69) is 10.6 Å². The number of benzene rings is 1. The Bertz CT molecular complexity index is 456. The molecule has 0 spiro atoms. The maximum Gasteiger partial charge on any atom is 0.227 e. The van der Waals surface area contributed by atoms with Gasteiger partial charge in [-0.3, -0.25) is 4.79 Å². The molecule has 1 aliphatic rings. The summed E-state index contributed by atoms with van der Waals surface area (Å²) in [6.45, 7) is 1.98. The fourth-order valence-corrected chi connectivity index (χ4v) is 2.11. The maximum absolute atomic E-state index is 11.7. The molecule has 5 heteroatoms. The molecule has 2 N–H and O–H groups in total. The predicted octanol–water partition coefficient (Wildman–Crippen LogP) is 2.45. The van der Waals surface area contributed by atoms with Gasteiger partial charge in [-0.2, -0.15) is 0 Å². The summed E-state index contributed by atoms with van der Waals surface area (Å²) in [4.78, 5) is 11.7. The van der Waals surface area contributed by atoms with Gasteiger partial charge in [0.2, 0.25) is 5.91 Å². The number of hydrogen-bond acceptors (Lipinski definition) is 4. The second-order valence-corrected chi connectivity index (χ2v) is 5.12. The Morgan fingerprint density at radius 3 is 2.50 bits per heavy atom. The minimum atomic E-state index is -0.320. The van der Waals surface area contributed by atoms with Gasteiger partial charge >= 0.3 is 0 Å². The van der Waals surface area contributed by atoms with Crippen LogP contribution in [-0.4, -0.2) is 32.5 Å². The van der Waals surface area contributed by atoms with E-state index in [9.17, 15) is 4.79 Å². The summed E-state index contributed by atoms with van der Waals surface area (Å²) in [6, 6.07) is 7.66. The number of nitrogens with one attached hydrogen (secondary N) is 2. The monoisotopic (exact) mass is 278 g/mol. The third-order valence-electron chi connectivity index (χ3n) is 3.35. The summed E-state index contributed by atoms with van der Waals surface area (Å²) in [7, 11) is 3.22. The number of amides is 1. The number of carbonyl (C=O) groups excluding carboxylic acids is 1. The third kappa shape index (κ3) is 3.95. The van der Waals surface area contributed by atoms with Gasteiger partial charge in [-0.15, -0.1) is 0 Å². The van der Waals surface area contributed by atoms with Crippen LogP contribution in [0.4, 0.5) is 11.4 Å². The number of hydrogen-bond donors (Lipinski definition) is 2. The Kier molecular flexibility index (Phi) is 4.98. The Hall–Kier alpha value is -1.59. The molecule has 20 heavy (non-hydrogen) atoms. The van der Waals surface area contributed by atoms with Crippen LogP contribution in [0.25, 0.3) is 0 Å². The zero-order valence-electron chi connectivity index (χ0n) is 12.2. The highest BCUT2D eigenvalue weighted by molar-refractivity contribution is 5.94. The molecule has 1 unspecified atom stereocenters. The number of anilines is 2. The first-order valence-corrected chi connectivity index (χ1v) is 6.87. The van der Waals surface area contributed by atoms with Crippen molar-refractivity contribution in [3.05, 3.63) is 24.3 Å². The molecule has 0 bridgehead atoms. The van der Waals surface area contributed by atoms with Crippen LogP contribution in [0.5, 0.6) is 0 Å². The van der Waals surface area contributed by atoms with Crippen molar-refractivity contribution in [1.29, 1.82) is 0 Å². The number of carbonyl (C=O) groups is 1. The van der Waals surface area contributed by atoms with Crippen LogP contribution in [0.1, 0.15) is 19.8 Å². The first-order chi connectivity index (χ1) is 9.63. The fourth-order valence-electron chi connectivity index (χ4n) is 2.11. The summed E-state index contributed by atoms with van der Waals surface area (Å²) in [6.07, 6.45) is 1.69. The standard InChI is InChI=1S/C15H22N2O3/c1-10(15(19-2)20-3)16-12-5-4-6-13(9-12)17-14(18)11-7-8-11/h4-6,9-11,15-16H,7-8H2,1-3H3,(H,17,18). The molecular weight excluding hydrogens is 256 g/mol. The van der Waals surface area contributed by atoms with Crippen molar-refractivity contribution in [2.75, 3.05) is 24.9 Å². The minimum Gasteiger partial charge on any atom is -0.377 e. The van der Waals surface area contributed by atoms with Gasteiger partial charge < -0.3 is 20.1 Å². The summed E-state index contributed by atoms with van der Waals surface area (Å²) in [5, 5.41) is 6.23. The van der Waals surface area contributed by atoms with Crippen molar-refractivity contribution < 1.29 is 14.3 Å². The molecule has 1 saturated carbocycles. The Morgan fingerprint density at radius 2 is 1.90 bits per heavy atom. The van der Waals surface area contributed by atoms with Crippen molar-refractivity contribution in [2.24, 2.45) is 5.92 Å². The van der Waals surface area contributed by atoms with Gasteiger partial charge in [-0.05, 0) is 38.0 Å². The van der Waals surface area contributed by atoms with E-state index in [0.717, 1.165) is 24.2 Å². The molecule has 1 aromatic rings. The Labute approximate surface area is 119 Å². The van der Waals surface area contributed by atoms with Crippen LogP contribution in [0.3, 0.4) is 0 Å². The van der Waals surface area contributed by atoms with E-state index < -0.39 is 0 Å². The minimum absolute atomic E-state index is 0.000571. The van der Waals surface area contributed by atoms with Gasteiger partial charge in [0.25, 0.3) is 0 Å². The Morgan fingerprint density at radius 1 is 1.25 bits per heavy atom. The van der Waals surface area contributed by atoms with Gasteiger partial charge in [-0.1, -0.05) is 6.07 Å². The van der Waals surface area contributed by atoms with Gasteiger partial charge in [0.05, 0.1) is 6.04 Å². The molecule has 0 radical (unpaired) electrons. The smallest absolute Gasteiger partial charge is 0.227 e. The molecule has 5 nitrogen and oxygen atoms in total. The molecule has 1 fully saturated rings. The van der Waals surface area contributed by atoms with Crippen LogP contribution in [0.15, 0.2) is 24.3 Å². The van der Waals surface area contributed by atoms with E-state index in [1.165, 1.54) is 0 Å². The normalized spacial score (nSPS) is 16.0. The first-order valence-electron chi connectivity index (χ1n) is 6.87. The molecule has 0 aliphatic heterocycles. The van der Waals surface area contributed by atoms with Crippen LogP contribution in [0.2, 0.25) is 0 Å². The quantitative estimate of drug-likeness (QED) is 0.752. The molecule has 2 rings (SSSR count). The highest BCUT2D eigenvalue weighted by Crippen LogP contribution is 2.30. The molecule has 1 aromatic carbocycles. The van der Waals surface area contributed by atoms with Gasteiger partial charge in [-0.25, -0.2) is 0 Å². The summed E-state index contributed by atoms with van der Waals surface area (Å²) in [5.41, 5.74) is 1.73. The average Bonchev–Trinajstić information content (AvgIpc) is 3.24. The van der Waals surface area contributed by atoms with Gasteiger partial charge in [0.1, 0.15) is 0 Å². The SMILES string of the molecule is COC(OC)C(C)Nc1cccc(NC(=O)C2CC2)c1. The van der Waals surface area contributed by atoms with E-state index >= 15 is 0 Å². The van der Waals surface area contributed by atoms with Crippen LogP contribution >= 0.6 is 0 Å². The van der Waals surface area contributed by atoms with E-state index in [0.29, 0.717) is 0 Å². The predicted molar refractivity (Wildman–Crippen MR) is 78.7 cm³/mol. The van der Waals surface area contributed by atoms with Crippen LogP contribution < -0.4 is 10.6 Å². The van der Waals surface area contributed by atoms with Crippen molar-refractivity contribution in [2.45, 2.75) is 32.1 Å². The molecule has 1 atom stereocenters. The average molecular weight is 278 g/mol. The van der Waals surface area contributed by atoms with Crippen molar-refractivity contribution in [3.8, 4) is 0 Å². The molecule has 1 aliphatic carbocycles. The summed E-state index contributed by atoms with van der Waals surface area (Å²) in [5.74, 6) is 0.318. The number of rotatable bonds is 7. The topological polar surface area (TPSA) is 59.6 Å². The molecular formula is C15H22N2O3. The zero-order chi connectivity index (χ0) is 14.5. The van der Waals surface area contributed by atoms with E-state index in [4.69, 9.17) is 9.47 Å². The summed E-state index contributed by atoms with van der Waals surface area (Å²) < 4.78 is 10.4. The first kappa shape index (κ1) is 14.8. The van der Waals surface area contributed by atoms with E-state index in [1.807, 2.05) is 31.2 Å². The Balaban J connectivity index is 1.96. The van der Waals surface area contributed by atoms with Crippen molar-refractivity contribution in [1.82, 2.24) is 0 Å². The lowest BCUT2D eigenvalue weighted by Crippen LogP contribution is -2.33. The van der Waals surface area contributed by atoms with Crippen molar-refractivity contribution in [3.63, 3.8) is 0 Å².